The zero-order chi connectivity index (χ0) is 19.1. The van der Waals surface area contributed by atoms with Gasteiger partial charge in [-0.2, -0.15) is 5.10 Å². The molecule has 144 valence electrons. The number of hydrogen-bond acceptors (Lipinski definition) is 5. The van der Waals surface area contributed by atoms with Gasteiger partial charge in [-0.1, -0.05) is 12.1 Å². The van der Waals surface area contributed by atoms with Crippen molar-refractivity contribution in [1.82, 2.24) is 29.2 Å². The Morgan fingerprint density at radius 3 is 2.86 bits per heavy atom. The number of aryl methyl sites for hydroxylation is 1. The molecule has 1 aliphatic heterocycles. The van der Waals surface area contributed by atoms with Crippen LogP contribution in [0.4, 0.5) is 0 Å². The van der Waals surface area contributed by atoms with E-state index in [-0.39, 0.29) is 17.9 Å². The van der Waals surface area contributed by atoms with Gasteiger partial charge in [-0.15, -0.1) is 0 Å². The smallest absolute Gasteiger partial charge is 0.261 e. The first kappa shape index (κ1) is 17.1. The van der Waals surface area contributed by atoms with Gasteiger partial charge in [-0.3, -0.25) is 14.2 Å². The normalized spacial score (nSPS) is 16.8. The Bertz CT molecular complexity index is 1070. The fraction of sp³-hybridized carbons (Fsp3) is 0.450. The van der Waals surface area contributed by atoms with Crippen LogP contribution in [0.15, 0.2) is 35.4 Å². The number of aromatic nitrogens is 5. The Balaban J connectivity index is 1.23. The Hall–Kier alpha value is -3.03. The first-order valence-corrected chi connectivity index (χ1v) is 9.84. The molecule has 1 amide bonds. The third-order valence-electron chi connectivity index (χ3n) is 5.55. The highest BCUT2D eigenvalue weighted by Crippen LogP contribution is 2.38. The summed E-state index contributed by atoms with van der Waals surface area (Å²) in [6, 6.07) is 7.26. The maximum Gasteiger partial charge on any atom is 0.261 e. The van der Waals surface area contributed by atoms with E-state index in [1.807, 2.05) is 27.8 Å². The molecule has 1 fully saturated rings. The summed E-state index contributed by atoms with van der Waals surface area (Å²) in [5.41, 5.74) is 0.571. The maximum absolute atomic E-state index is 12.7. The lowest BCUT2D eigenvalue weighted by molar-refractivity contribution is -0.131. The molecule has 3 heterocycles. The first-order valence-electron chi connectivity index (χ1n) is 9.84. The topological polar surface area (TPSA) is 85.9 Å². The fourth-order valence-corrected chi connectivity index (χ4v) is 3.72. The van der Waals surface area contributed by atoms with Gasteiger partial charge in [0, 0.05) is 38.4 Å². The maximum atomic E-state index is 12.7. The van der Waals surface area contributed by atoms with E-state index >= 15 is 0 Å². The van der Waals surface area contributed by atoms with Gasteiger partial charge in [0.25, 0.3) is 5.56 Å². The van der Waals surface area contributed by atoms with E-state index in [1.54, 1.807) is 6.07 Å². The zero-order valence-corrected chi connectivity index (χ0v) is 15.6. The van der Waals surface area contributed by atoms with Gasteiger partial charge in [0.2, 0.25) is 5.91 Å². The highest BCUT2D eigenvalue weighted by molar-refractivity contribution is 5.77. The molecule has 5 rings (SSSR count). The second-order valence-electron chi connectivity index (χ2n) is 7.52. The first-order chi connectivity index (χ1) is 13.7. The molecule has 2 aliphatic rings. The Morgan fingerprint density at radius 1 is 1.14 bits per heavy atom. The monoisotopic (exact) mass is 378 g/mol. The Kier molecular flexibility index (Phi) is 4.18. The molecule has 0 spiro atoms. The van der Waals surface area contributed by atoms with Crippen LogP contribution in [0, 0.1) is 0 Å². The average Bonchev–Trinajstić information content (AvgIpc) is 3.52. The van der Waals surface area contributed by atoms with Crippen LogP contribution in [0.1, 0.15) is 36.8 Å². The molecular weight excluding hydrogens is 356 g/mol. The summed E-state index contributed by atoms with van der Waals surface area (Å²) < 4.78 is 3.48. The molecule has 1 aliphatic carbocycles. The summed E-state index contributed by atoms with van der Waals surface area (Å²) in [4.78, 5) is 36.1. The second kappa shape index (κ2) is 6.85. The summed E-state index contributed by atoms with van der Waals surface area (Å²) in [5.74, 6) is 2.55. The lowest BCUT2D eigenvalue weighted by atomic mass is 10.2. The SMILES string of the molecule is O=C(CCn1cnc2ccccc2c1=O)N1CCc2nc(C3CC3)nn2CC1. The van der Waals surface area contributed by atoms with Gasteiger partial charge >= 0.3 is 0 Å². The lowest BCUT2D eigenvalue weighted by Gasteiger charge is -2.20. The van der Waals surface area contributed by atoms with Crippen molar-refractivity contribution >= 4 is 16.8 Å². The van der Waals surface area contributed by atoms with Crippen molar-refractivity contribution in [3.63, 3.8) is 0 Å². The second-order valence-corrected chi connectivity index (χ2v) is 7.52. The molecule has 8 nitrogen and oxygen atoms in total. The van der Waals surface area contributed by atoms with E-state index in [2.05, 4.69) is 15.1 Å². The highest BCUT2D eigenvalue weighted by Gasteiger charge is 2.30. The van der Waals surface area contributed by atoms with Crippen molar-refractivity contribution in [3.05, 3.63) is 52.6 Å². The minimum absolute atomic E-state index is 0.0493. The van der Waals surface area contributed by atoms with E-state index in [4.69, 9.17) is 0 Å². The van der Waals surface area contributed by atoms with Crippen molar-refractivity contribution in [2.75, 3.05) is 13.1 Å². The molecule has 0 radical (unpaired) electrons. The molecule has 0 saturated heterocycles. The molecule has 0 unspecified atom stereocenters. The van der Waals surface area contributed by atoms with Crippen LogP contribution in [0.2, 0.25) is 0 Å². The Morgan fingerprint density at radius 2 is 2.00 bits per heavy atom. The standard InChI is InChI=1S/C20H22N6O2/c27-18(8-10-25-13-21-16-4-2-1-3-15(16)20(25)28)24-9-7-17-22-19(14-5-6-14)23-26(17)12-11-24/h1-4,13-14H,5-12H2. The van der Waals surface area contributed by atoms with Crippen molar-refractivity contribution in [2.45, 2.75) is 44.7 Å². The summed E-state index contributed by atoms with van der Waals surface area (Å²) in [6.45, 7) is 2.29. The van der Waals surface area contributed by atoms with Crippen molar-refractivity contribution < 1.29 is 4.79 Å². The minimum atomic E-state index is -0.105. The van der Waals surface area contributed by atoms with Crippen LogP contribution in [-0.4, -0.2) is 48.2 Å². The number of carbonyl (C=O) groups excluding carboxylic acids is 1. The van der Waals surface area contributed by atoms with E-state index in [1.165, 1.54) is 23.7 Å². The van der Waals surface area contributed by atoms with Crippen LogP contribution < -0.4 is 5.56 Å². The lowest BCUT2D eigenvalue weighted by Crippen LogP contribution is -2.35. The van der Waals surface area contributed by atoms with Crippen LogP contribution in [0.5, 0.6) is 0 Å². The molecule has 0 atom stereocenters. The molecular formula is C20H22N6O2. The van der Waals surface area contributed by atoms with Gasteiger partial charge < -0.3 is 4.90 Å². The van der Waals surface area contributed by atoms with E-state index < -0.39 is 0 Å². The number of para-hydroxylation sites is 1. The molecule has 28 heavy (non-hydrogen) atoms. The van der Waals surface area contributed by atoms with Gasteiger partial charge in [-0.05, 0) is 25.0 Å². The van der Waals surface area contributed by atoms with Crippen molar-refractivity contribution in [3.8, 4) is 0 Å². The number of amides is 1. The number of fused-ring (bicyclic) bond motifs is 2. The van der Waals surface area contributed by atoms with Crippen LogP contribution in [0.25, 0.3) is 10.9 Å². The van der Waals surface area contributed by atoms with Crippen LogP contribution in [-0.2, 0) is 24.3 Å². The molecule has 2 aromatic heterocycles. The van der Waals surface area contributed by atoms with E-state index in [0.717, 1.165) is 18.1 Å². The predicted molar refractivity (Wildman–Crippen MR) is 103 cm³/mol. The molecule has 0 bridgehead atoms. The summed E-state index contributed by atoms with van der Waals surface area (Å²) in [7, 11) is 0. The van der Waals surface area contributed by atoms with Crippen molar-refractivity contribution in [1.29, 1.82) is 0 Å². The summed E-state index contributed by atoms with van der Waals surface area (Å²) in [6.07, 6.45) is 4.92. The third kappa shape index (κ3) is 3.19. The van der Waals surface area contributed by atoms with E-state index in [0.29, 0.717) is 43.0 Å². The average molecular weight is 378 g/mol. The van der Waals surface area contributed by atoms with Crippen molar-refractivity contribution in [2.24, 2.45) is 0 Å². The molecule has 8 heteroatoms. The van der Waals surface area contributed by atoms with Crippen LogP contribution in [0.3, 0.4) is 0 Å². The molecule has 1 saturated carbocycles. The van der Waals surface area contributed by atoms with Crippen LogP contribution >= 0.6 is 0 Å². The minimum Gasteiger partial charge on any atom is -0.340 e. The predicted octanol–water partition coefficient (Wildman–Crippen LogP) is 1.34. The number of carbonyl (C=O) groups is 1. The third-order valence-corrected chi connectivity index (χ3v) is 5.55. The number of rotatable bonds is 4. The molecule has 3 aromatic rings. The number of hydrogen-bond donors (Lipinski definition) is 0. The Labute approximate surface area is 161 Å². The number of benzene rings is 1. The van der Waals surface area contributed by atoms with Gasteiger partial charge in [0.1, 0.15) is 5.82 Å². The zero-order valence-electron chi connectivity index (χ0n) is 15.6. The van der Waals surface area contributed by atoms with Gasteiger partial charge in [-0.25, -0.2) is 14.6 Å². The largest absolute Gasteiger partial charge is 0.340 e. The molecule has 1 aromatic carbocycles. The summed E-state index contributed by atoms with van der Waals surface area (Å²) in [5, 5.41) is 5.19. The summed E-state index contributed by atoms with van der Waals surface area (Å²) >= 11 is 0. The number of nitrogens with zero attached hydrogens (tertiary/aromatic N) is 6. The molecule has 0 N–H and O–H groups in total. The highest BCUT2D eigenvalue weighted by atomic mass is 16.2. The fourth-order valence-electron chi connectivity index (χ4n) is 3.72. The van der Waals surface area contributed by atoms with Gasteiger partial charge in [0.05, 0.1) is 23.8 Å². The van der Waals surface area contributed by atoms with Gasteiger partial charge in [0.15, 0.2) is 5.82 Å². The quantitative estimate of drug-likeness (QED) is 0.684. The van der Waals surface area contributed by atoms with E-state index in [9.17, 15) is 9.59 Å².